The fourth-order valence-electron chi connectivity index (χ4n) is 2.74. The van der Waals surface area contributed by atoms with E-state index in [4.69, 9.17) is 0 Å². The van der Waals surface area contributed by atoms with Gasteiger partial charge in [0, 0.05) is 12.8 Å². The highest BCUT2D eigenvalue weighted by atomic mass is 32.2. The molecule has 1 fully saturated rings. The molecule has 0 aromatic heterocycles. The first-order valence-electron chi connectivity index (χ1n) is 8.20. The molecule has 1 aliphatic heterocycles. The number of piperidine rings is 1. The zero-order valence-corrected chi connectivity index (χ0v) is 15.9. The van der Waals surface area contributed by atoms with Crippen LogP contribution in [0.15, 0.2) is 34.1 Å². The van der Waals surface area contributed by atoms with Crippen molar-refractivity contribution in [3.05, 3.63) is 24.3 Å². The van der Waals surface area contributed by atoms with Crippen LogP contribution in [0.25, 0.3) is 0 Å². The summed E-state index contributed by atoms with van der Waals surface area (Å²) in [5, 5.41) is 0. The summed E-state index contributed by atoms with van der Waals surface area (Å²) in [6, 6.07) is 5.28. The second kappa shape index (κ2) is 7.95. The molecule has 0 bridgehead atoms. The molecule has 0 amide bonds. The molecule has 24 heavy (non-hydrogen) atoms. The van der Waals surface area contributed by atoms with Crippen LogP contribution in [0.4, 0.5) is 0 Å². The molecule has 1 aromatic carbocycles. The van der Waals surface area contributed by atoms with Crippen molar-refractivity contribution in [2.24, 2.45) is 5.92 Å². The van der Waals surface area contributed by atoms with Gasteiger partial charge in [-0.15, -0.1) is 0 Å². The van der Waals surface area contributed by atoms with Gasteiger partial charge in [-0.1, -0.05) is 6.92 Å². The first-order chi connectivity index (χ1) is 11.2. The molecule has 0 radical (unpaired) electrons. The standard InChI is InChI=1S/C16H26N2O4S2/c1-14-8-12-18(13-9-14)11-3-10-17-24(21,22)16-6-4-15(5-7-16)23(2,19)20/h4-7,14,17H,3,8-13H2,1-2H3. The minimum atomic E-state index is -3.60. The Morgan fingerprint density at radius 3 is 2.12 bits per heavy atom. The molecule has 1 aliphatic rings. The molecule has 6 nitrogen and oxygen atoms in total. The van der Waals surface area contributed by atoms with Gasteiger partial charge in [0.25, 0.3) is 0 Å². The van der Waals surface area contributed by atoms with Crippen molar-refractivity contribution >= 4 is 19.9 Å². The van der Waals surface area contributed by atoms with Crippen LogP contribution >= 0.6 is 0 Å². The first-order valence-corrected chi connectivity index (χ1v) is 11.6. The van der Waals surface area contributed by atoms with Gasteiger partial charge in [0.1, 0.15) is 0 Å². The topological polar surface area (TPSA) is 83.6 Å². The smallest absolute Gasteiger partial charge is 0.240 e. The molecule has 0 unspecified atom stereocenters. The average molecular weight is 375 g/mol. The third-order valence-corrected chi connectivity index (χ3v) is 6.99. The van der Waals surface area contributed by atoms with E-state index in [1.807, 2.05) is 0 Å². The summed E-state index contributed by atoms with van der Waals surface area (Å²) in [5.41, 5.74) is 0. The minimum absolute atomic E-state index is 0.0849. The highest BCUT2D eigenvalue weighted by molar-refractivity contribution is 7.90. The second-order valence-corrected chi connectivity index (χ2v) is 10.3. The lowest BCUT2D eigenvalue weighted by Gasteiger charge is -2.30. The van der Waals surface area contributed by atoms with E-state index in [0.717, 1.165) is 38.2 Å². The van der Waals surface area contributed by atoms with E-state index in [1.165, 1.54) is 37.1 Å². The summed E-state index contributed by atoms with van der Waals surface area (Å²) < 4.78 is 49.8. The summed E-state index contributed by atoms with van der Waals surface area (Å²) in [7, 11) is -6.92. The quantitative estimate of drug-likeness (QED) is 0.731. The first kappa shape index (κ1) is 19.4. The number of nitrogens with one attached hydrogen (secondary N) is 1. The highest BCUT2D eigenvalue weighted by Gasteiger charge is 2.17. The van der Waals surface area contributed by atoms with E-state index in [0.29, 0.717) is 6.54 Å². The summed E-state index contributed by atoms with van der Waals surface area (Å²) in [6.45, 7) is 5.70. The van der Waals surface area contributed by atoms with Gasteiger partial charge in [-0.05, 0) is 69.1 Å². The van der Waals surface area contributed by atoms with Crippen molar-refractivity contribution in [2.45, 2.75) is 36.0 Å². The summed E-state index contributed by atoms with van der Waals surface area (Å²) >= 11 is 0. The molecule has 0 aliphatic carbocycles. The Kier molecular flexibility index (Phi) is 6.41. The lowest BCUT2D eigenvalue weighted by atomic mass is 9.99. The van der Waals surface area contributed by atoms with Crippen molar-refractivity contribution in [2.75, 3.05) is 32.4 Å². The Labute approximate surface area is 145 Å². The summed E-state index contributed by atoms with van der Waals surface area (Å²) in [5.74, 6) is 0.787. The lowest BCUT2D eigenvalue weighted by molar-refractivity contribution is 0.191. The normalized spacial score (nSPS) is 17.9. The molecule has 0 atom stereocenters. The van der Waals surface area contributed by atoms with E-state index in [-0.39, 0.29) is 9.79 Å². The van der Waals surface area contributed by atoms with Crippen molar-refractivity contribution in [3.8, 4) is 0 Å². The van der Waals surface area contributed by atoms with E-state index in [1.54, 1.807) is 0 Å². The maximum absolute atomic E-state index is 12.2. The number of rotatable bonds is 7. The Morgan fingerprint density at radius 2 is 1.58 bits per heavy atom. The van der Waals surface area contributed by atoms with Gasteiger partial charge >= 0.3 is 0 Å². The molecule has 1 aromatic rings. The van der Waals surface area contributed by atoms with Crippen LogP contribution in [0, 0.1) is 5.92 Å². The summed E-state index contributed by atoms with van der Waals surface area (Å²) in [4.78, 5) is 2.57. The largest absolute Gasteiger partial charge is 0.303 e. The van der Waals surface area contributed by atoms with Crippen LogP contribution in [0.3, 0.4) is 0 Å². The molecule has 1 heterocycles. The minimum Gasteiger partial charge on any atom is -0.303 e. The molecule has 0 saturated carbocycles. The zero-order valence-electron chi connectivity index (χ0n) is 14.2. The molecule has 136 valence electrons. The Morgan fingerprint density at radius 1 is 1.04 bits per heavy atom. The monoisotopic (exact) mass is 374 g/mol. The molecule has 2 rings (SSSR count). The van der Waals surface area contributed by atoms with Gasteiger partial charge in [-0.3, -0.25) is 0 Å². The highest BCUT2D eigenvalue weighted by Crippen LogP contribution is 2.16. The molecular formula is C16H26N2O4S2. The summed E-state index contributed by atoms with van der Waals surface area (Å²) in [6.07, 6.45) is 4.27. The Bertz CT molecular complexity index is 735. The van der Waals surface area contributed by atoms with Gasteiger partial charge in [-0.25, -0.2) is 21.6 Å². The van der Waals surface area contributed by atoms with Gasteiger partial charge in [0.05, 0.1) is 9.79 Å². The number of likely N-dealkylation sites (tertiary alicyclic amines) is 1. The van der Waals surface area contributed by atoms with E-state index in [9.17, 15) is 16.8 Å². The fraction of sp³-hybridized carbons (Fsp3) is 0.625. The molecule has 1 saturated heterocycles. The van der Waals surface area contributed by atoms with Crippen LogP contribution in [-0.4, -0.2) is 54.2 Å². The maximum Gasteiger partial charge on any atom is 0.240 e. The number of sulfonamides is 1. The van der Waals surface area contributed by atoms with Gasteiger partial charge in [0.15, 0.2) is 9.84 Å². The lowest BCUT2D eigenvalue weighted by Crippen LogP contribution is -2.35. The maximum atomic E-state index is 12.2. The molecular weight excluding hydrogens is 348 g/mol. The van der Waals surface area contributed by atoms with Crippen LogP contribution in [0.5, 0.6) is 0 Å². The van der Waals surface area contributed by atoms with Crippen molar-refractivity contribution < 1.29 is 16.8 Å². The average Bonchev–Trinajstić information content (AvgIpc) is 2.52. The van der Waals surface area contributed by atoms with Gasteiger partial charge in [-0.2, -0.15) is 0 Å². The molecule has 1 N–H and O–H groups in total. The van der Waals surface area contributed by atoms with Crippen LogP contribution in [0.2, 0.25) is 0 Å². The zero-order chi connectivity index (χ0) is 17.8. The van der Waals surface area contributed by atoms with E-state index < -0.39 is 19.9 Å². The number of nitrogens with zero attached hydrogens (tertiary/aromatic N) is 1. The number of benzene rings is 1. The number of hydrogen-bond donors (Lipinski definition) is 1. The predicted octanol–water partition coefficient (Wildman–Crippen LogP) is 1.49. The number of sulfone groups is 1. The fourth-order valence-corrected chi connectivity index (χ4v) is 4.45. The molecule has 0 spiro atoms. The Balaban J connectivity index is 1.83. The van der Waals surface area contributed by atoms with Gasteiger partial charge in [0.2, 0.25) is 10.0 Å². The van der Waals surface area contributed by atoms with Crippen molar-refractivity contribution in [3.63, 3.8) is 0 Å². The molecule has 8 heteroatoms. The SMILES string of the molecule is CC1CCN(CCCNS(=O)(=O)c2ccc(S(C)(=O)=O)cc2)CC1. The number of hydrogen-bond acceptors (Lipinski definition) is 5. The third kappa shape index (κ3) is 5.54. The van der Waals surface area contributed by atoms with Crippen molar-refractivity contribution in [1.29, 1.82) is 0 Å². The van der Waals surface area contributed by atoms with E-state index in [2.05, 4.69) is 16.5 Å². The van der Waals surface area contributed by atoms with Crippen LogP contribution in [0.1, 0.15) is 26.2 Å². The third-order valence-electron chi connectivity index (χ3n) is 4.38. The second-order valence-electron chi connectivity index (χ2n) is 6.52. The van der Waals surface area contributed by atoms with Crippen LogP contribution < -0.4 is 4.72 Å². The predicted molar refractivity (Wildman–Crippen MR) is 94.2 cm³/mol. The van der Waals surface area contributed by atoms with Gasteiger partial charge < -0.3 is 4.90 Å². The van der Waals surface area contributed by atoms with Crippen LogP contribution in [-0.2, 0) is 19.9 Å². The van der Waals surface area contributed by atoms with E-state index >= 15 is 0 Å². The Hall–Kier alpha value is -0.960. The van der Waals surface area contributed by atoms with Crippen molar-refractivity contribution in [1.82, 2.24) is 9.62 Å².